The molecule has 1 amide bonds. The van der Waals surface area contributed by atoms with Crippen LogP contribution in [0.2, 0.25) is 0 Å². The predicted octanol–water partition coefficient (Wildman–Crippen LogP) is 3.60. The Bertz CT molecular complexity index is 1420. The van der Waals surface area contributed by atoms with Gasteiger partial charge in [-0.15, -0.1) is 0 Å². The molecule has 2 unspecified atom stereocenters. The SMILES string of the molecule is CCC1(CC(=O)O)CC(NC=O)CCN1c1ccc(Nc2nccc(-c3ccc(NS(C)(=O)=O)cc3)n2)cc1. The van der Waals surface area contributed by atoms with Crippen LogP contribution < -0.4 is 20.3 Å². The summed E-state index contributed by atoms with van der Waals surface area (Å²) in [4.78, 5) is 33.8. The molecule has 2 aromatic carbocycles. The second-order valence-electron chi connectivity index (χ2n) is 9.66. The summed E-state index contributed by atoms with van der Waals surface area (Å²) in [6.45, 7) is 2.61. The number of hydrogen-bond donors (Lipinski definition) is 4. The predicted molar refractivity (Wildman–Crippen MR) is 151 cm³/mol. The molecule has 1 fully saturated rings. The Morgan fingerprint density at radius 1 is 1.13 bits per heavy atom. The minimum atomic E-state index is -3.36. The molecule has 39 heavy (non-hydrogen) atoms. The molecule has 1 aromatic heterocycles. The van der Waals surface area contributed by atoms with Crippen LogP contribution in [0.15, 0.2) is 60.8 Å². The van der Waals surface area contributed by atoms with Gasteiger partial charge in [0.2, 0.25) is 22.4 Å². The number of aliphatic carboxylic acids is 1. The van der Waals surface area contributed by atoms with Gasteiger partial charge in [0.05, 0.1) is 23.9 Å². The van der Waals surface area contributed by atoms with E-state index in [-0.39, 0.29) is 12.5 Å². The van der Waals surface area contributed by atoms with Crippen molar-refractivity contribution in [2.24, 2.45) is 0 Å². The fourth-order valence-electron chi connectivity index (χ4n) is 5.10. The van der Waals surface area contributed by atoms with Crippen LogP contribution >= 0.6 is 0 Å². The molecule has 11 nitrogen and oxygen atoms in total. The third-order valence-corrected chi connectivity index (χ3v) is 7.52. The van der Waals surface area contributed by atoms with Crippen molar-refractivity contribution >= 4 is 45.4 Å². The number of sulfonamides is 1. The number of amides is 1. The molecule has 4 rings (SSSR count). The maximum Gasteiger partial charge on any atom is 0.305 e. The van der Waals surface area contributed by atoms with E-state index in [9.17, 15) is 23.1 Å². The zero-order valence-electron chi connectivity index (χ0n) is 21.8. The summed E-state index contributed by atoms with van der Waals surface area (Å²) in [6.07, 6.45) is 5.31. The van der Waals surface area contributed by atoms with Crippen LogP contribution in [0.5, 0.6) is 0 Å². The van der Waals surface area contributed by atoms with Crippen molar-refractivity contribution < 1.29 is 23.1 Å². The quantitative estimate of drug-likeness (QED) is 0.261. The van der Waals surface area contributed by atoms with Gasteiger partial charge < -0.3 is 20.6 Å². The average molecular weight is 553 g/mol. The number of anilines is 4. The Hall–Kier alpha value is -4.19. The van der Waals surface area contributed by atoms with Crippen LogP contribution in [0.25, 0.3) is 11.3 Å². The summed E-state index contributed by atoms with van der Waals surface area (Å²) < 4.78 is 25.3. The first-order chi connectivity index (χ1) is 18.6. The number of aromatic nitrogens is 2. The molecule has 0 radical (unpaired) electrons. The second-order valence-corrected chi connectivity index (χ2v) is 11.4. The third kappa shape index (κ3) is 7.02. The molecular weight excluding hydrogens is 520 g/mol. The van der Waals surface area contributed by atoms with E-state index in [2.05, 4.69) is 30.2 Å². The summed E-state index contributed by atoms with van der Waals surface area (Å²) in [5.41, 5.74) is 3.00. The molecule has 1 aliphatic rings. The van der Waals surface area contributed by atoms with E-state index in [1.54, 1.807) is 36.5 Å². The zero-order chi connectivity index (χ0) is 28.0. The maximum atomic E-state index is 11.8. The van der Waals surface area contributed by atoms with Crippen molar-refractivity contribution in [1.29, 1.82) is 0 Å². The Labute approximate surface area is 227 Å². The number of piperidine rings is 1. The molecule has 0 aliphatic carbocycles. The molecule has 0 bridgehead atoms. The molecule has 1 saturated heterocycles. The summed E-state index contributed by atoms with van der Waals surface area (Å²) >= 11 is 0. The first-order valence-electron chi connectivity index (χ1n) is 12.6. The number of rotatable bonds is 11. The number of carboxylic acid groups (broad SMARTS) is 1. The highest BCUT2D eigenvalue weighted by molar-refractivity contribution is 7.92. The van der Waals surface area contributed by atoms with Gasteiger partial charge in [-0.2, -0.15) is 0 Å². The zero-order valence-corrected chi connectivity index (χ0v) is 22.6. The lowest BCUT2D eigenvalue weighted by Gasteiger charge is -2.50. The van der Waals surface area contributed by atoms with Crippen molar-refractivity contribution in [3.63, 3.8) is 0 Å². The van der Waals surface area contributed by atoms with E-state index in [1.807, 2.05) is 31.2 Å². The highest BCUT2D eigenvalue weighted by Gasteiger charge is 2.42. The van der Waals surface area contributed by atoms with Gasteiger partial charge in [-0.1, -0.05) is 19.1 Å². The summed E-state index contributed by atoms with van der Waals surface area (Å²) in [5.74, 6) is -0.474. The smallest absolute Gasteiger partial charge is 0.305 e. The fourth-order valence-corrected chi connectivity index (χ4v) is 5.66. The van der Waals surface area contributed by atoms with E-state index in [0.717, 1.165) is 29.6 Å². The van der Waals surface area contributed by atoms with Gasteiger partial charge in [0, 0.05) is 41.4 Å². The van der Waals surface area contributed by atoms with Crippen molar-refractivity contribution in [1.82, 2.24) is 15.3 Å². The highest BCUT2D eigenvalue weighted by Crippen LogP contribution is 2.38. The molecule has 2 atom stereocenters. The fraction of sp³-hybridized carbons (Fsp3) is 0.333. The van der Waals surface area contributed by atoms with Gasteiger partial charge in [-0.05, 0) is 61.7 Å². The molecule has 4 N–H and O–H groups in total. The number of carbonyl (C=O) groups is 2. The van der Waals surface area contributed by atoms with E-state index in [4.69, 9.17) is 0 Å². The minimum Gasteiger partial charge on any atom is -0.481 e. The van der Waals surface area contributed by atoms with E-state index in [0.29, 0.717) is 43.1 Å². The molecule has 12 heteroatoms. The summed E-state index contributed by atoms with van der Waals surface area (Å²) in [6, 6.07) is 16.3. The second kappa shape index (κ2) is 11.7. The van der Waals surface area contributed by atoms with Gasteiger partial charge in [0.25, 0.3) is 0 Å². The number of nitrogens with zero attached hydrogens (tertiary/aromatic N) is 3. The molecule has 3 aromatic rings. The lowest BCUT2D eigenvalue weighted by Crippen LogP contribution is -2.58. The van der Waals surface area contributed by atoms with Gasteiger partial charge >= 0.3 is 5.97 Å². The van der Waals surface area contributed by atoms with E-state index < -0.39 is 21.5 Å². The summed E-state index contributed by atoms with van der Waals surface area (Å²) in [5, 5.41) is 15.7. The molecule has 0 saturated carbocycles. The Balaban J connectivity index is 1.50. The van der Waals surface area contributed by atoms with Crippen molar-refractivity contribution in [2.75, 3.05) is 27.7 Å². The van der Waals surface area contributed by atoms with Crippen LogP contribution in [0.3, 0.4) is 0 Å². The van der Waals surface area contributed by atoms with Crippen LogP contribution in [0.1, 0.15) is 32.6 Å². The molecule has 0 spiro atoms. The summed E-state index contributed by atoms with van der Waals surface area (Å²) in [7, 11) is -3.36. The van der Waals surface area contributed by atoms with Crippen LogP contribution in [0.4, 0.5) is 23.0 Å². The monoisotopic (exact) mass is 552 g/mol. The lowest BCUT2D eigenvalue weighted by atomic mass is 9.78. The molecule has 1 aliphatic heterocycles. The van der Waals surface area contributed by atoms with Gasteiger partial charge in [0.15, 0.2) is 0 Å². The van der Waals surface area contributed by atoms with Crippen LogP contribution in [-0.4, -0.2) is 60.3 Å². The van der Waals surface area contributed by atoms with Crippen molar-refractivity contribution in [2.45, 2.75) is 44.2 Å². The van der Waals surface area contributed by atoms with Gasteiger partial charge in [-0.25, -0.2) is 18.4 Å². The van der Waals surface area contributed by atoms with Crippen LogP contribution in [0, 0.1) is 0 Å². The van der Waals surface area contributed by atoms with Gasteiger partial charge in [-0.3, -0.25) is 14.3 Å². The average Bonchev–Trinajstić information content (AvgIpc) is 2.89. The number of benzene rings is 2. The maximum absolute atomic E-state index is 11.8. The largest absolute Gasteiger partial charge is 0.481 e. The van der Waals surface area contributed by atoms with E-state index >= 15 is 0 Å². The minimum absolute atomic E-state index is 0.0214. The Kier molecular flexibility index (Phi) is 8.34. The molecule has 2 heterocycles. The number of nitrogens with one attached hydrogen (secondary N) is 3. The number of carboxylic acids is 1. The number of hydrogen-bond acceptors (Lipinski definition) is 8. The normalized spacial score (nSPS) is 19.2. The number of carbonyl (C=O) groups excluding carboxylic acids is 1. The highest BCUT2D eigenvalue weighted by atomic mass is 32.2. The Morgan fingerprint density at radius 2 is 1.82 bits per heavy atom. The first kappa shape index (κ1) is 27.8. The standard InChI is InChI=1S/C27H32N6O5S/c1-3-27(17-25(35)36)16-22(29-18-34)13-15-33(27)23-10-8-20(9-11-23)30-26-28-14-12-24(31-26)19-4-6-21(7-5-19)32-39(2,37)38/h4-12,14,18,22,32H,3,13,15-17H2,1-2H3,(H,29,34)(H,35,36)(H,28,30,31). The van der Waals surface area contributed by atoms with Gasteiger partial charge in [0.1, 0.15) is 0 Å². The lowest BCUT2D eigenvalue weighted by molar-refractivity contribution is -0.138. The van der Waals surface area contributed by atoms with Crippen molar-refractivity contribution in [3.8, 4) is 11.3 Å². The first-order valence-corrected chi connectivity index (χ1v) is 14.5. The van der Waals surface area contributed by atoms with Crippen molar-refractivity contribution in [3.05, 3.63) is 60.8 Å². The van der Waals surface area contributed by atoms with Crippen LogP contribution in [-0.2, 0) is 19.6 Å². The molecule has 206 valence electrons. The third-order valence-electron chi connectivity index (χ3n) is 6.92. The Morgan fingerprint density at radius 3 is 2.44 bits per heavy atom. The molecular formula is C27H32N6O5S. The topological polar surface area (TPSA) is 154 Å². The van der Waals surface area contributed by atoms with E-state index in [1.165, 1.54) is 0 Å².